The Kier molecular flexibility index (Phi) is 5.62. The maximum absolute atomic E-state index is 8.71. The lowest BCUT2D eigenvalue weighted by molar-refractivity contribution is 0.294. The van der Waals surface area contributed by atoms with Gasteiger partial charge in [0.25, 0.3) is 0 Å². The second-order valence-corrected chi connectivity index (χ2v) is 4.26. The van der Waals surface area contributed by atoms with Crippen LogP contribution in [0.15, 0.2) is 42.6 Å². The van der Waals surface area contributed by atoms with Crippen LogP contribution in [-0.4, -0.2) is 23.8 Å². The van der Waals surface area contributed by atoms with E-state index in [1.165, 1.54) is 0 Å². The molecule has 2 rings (SSSR count). The Morgan fingerprint density at radius 3 is 2.95 bits per heavy atom. The molecule has 0 aliphatic carbocycles. The number of methoxy groups -OCH3 is 1. The van der Waals surface area contributed by atoms with E-state index in [9.17, 15) is 0 Å². The van der Waals surface area contributed by atoms with Crippen molar-refractivity contribution in [1.82, 2.24) is 4.98 Å². The molecule has 0 atom stereocenters. The standard InChI is InChI=1S/C17H17NO3/c1-20-17-15(8-5-10-18-17)13-21-16-9-4-7-14(12-16)6-2-3-11-19/h4-5,7-10,12,19H,3,11,13H2,1H3. The Hall–Kier alpha value is -2.51. The van der Waals surface area contributed by atoms with Crippen LogP contribution >= 0.6 is 0 Å². The zero-order valence-electron chi connectivity index (χ0n) is 11.9. The second-order valence-electron chi connectivity index (χ2n) is 4.26. The van der Waals surface area contributed by atoms with Crippen molar-refractivity contribution in [2.24, 2.45) is 0 Å². The Morgan fingerprint density at radius 1 is 1.24 bits per heavy atom. The molecule has 4 heteroatoms. The fraction of sp³-hybridized carbons (Fsp3) is 0.235. The van der Waals surface area contributed by atoms with Crippen LogP contribution in [-0.2, 0) is 6.61 Å². The van der Waals surface area contributed by atoms with Crippen LogP contribution in [0.3, 0.4) is 0 Å². The molecule has 0 bridgehead atoms. The topological polar surface area (TPSA) is 51.6 Å². The average molecular weight is 283 g/mol. The summed E-state index contributed by atoms with van der Waals surface area (Å²) in [5.74, 6) is 7.16. The lowest BCUT2D eigenvalue weighted by atomic mass is 10.2. The third-order valence-electron chi connectivity index (χ3n) is 2.74. The summed E-state index contributed by atoms with van der Waals surface area (Å²) in [6.07, 6.45) is 2.15. The summed E-state index contributed by atoms with van der Waals surface area (Å²) >= 11 is 0. The van der Waals surface area contributed by atoms with Crippen LogP contribution < -0.4 is 9.47 Å². The van der Waals surface area contributed by atoms with Crippen LogP contribution in [0, 0.1) is 11.8 Å². The molecule has 0 amide bonds. The van der Waals surface area contributed by atoms with E-state index in [1.54, 1.807) is 13.3 Å². The van der Waals surface area contributed by atoms with Crippen LogP contribution in [0.4, 0.5) is 0 Å². The monoisotopic (exact) mass is 283 g/mol. The maximum atomic E-state index is 8.71. The normalized spacial score (nSPS) is 9.62. The van der Waals surface area contributed by atoms with Crippen LogP contribution in [0.5, 0.6) is 11.6 Å². The van der Waals surface area contributed by atoms with Crippen molar-refractivity contribution in [1.29, 1.82) is 0 Å². The Morgan fingerprint density at radius 2 is 2.14 bits per heavy atom. The lowest BCUT2D eigenvalue weighted by Gasteiger charge is -2.09. The summed E-state index contributed by atoms with van der Waals surface area (Å²) < 4.78 is 10.9. The Labute approximate surface area is 124 Å². The summed E-state index contributed by atoms with van der Waals surface area (Å²) in [5.41, 5.74) is 1.75. The van der Waals surface area contributed by atoms with Crippen molar-refractivity contribution in [3.8, 4) is 23.5 Å². The van der Waals surface area contributed by atoms with Crippen LogP contribution in [0.2, 0.25) is 0 Å². The number of nitrogens with zero attached hydrogens (tertiary/aromatic N) is 1. The molecule has 4 nitrogen and oxygen atoms in total. The maximum Gasteiger partial charge on any atom is 0.219 e. The van der Waals surface area contributed by atoms with E-state index >= 15 is 0 Å². The average Bonchev–Trinajstić information content (AvgIpc) is 2.54. The zero-order valence-corrected chi connectivity index (χ0v) is 11.9. The lowest BCUT2D eigenvalue weighted by Crippen LogP contribution is -2.00. The zero-order chi connectivity index (χ0) is 14.9. The molecule has 1 heterocycles. The SMILES string of the molecule is COc1ncccc1COc1cccc(C#CCCO)c1. The van der Waals surface area contributed by atoms with Gasteiger partial charge in [-0.3, -0.25) is 0 Å². The molecule has 0 unspecified atom stereocenters. The Bertz CT molecular complexity index is 644. The highest BCUT2D eigenvalue weighted by atomic mass is 16.5. The van der Waals surface area contributed by atoms with Crippen LogP contribution in [0.25, 0.3) is 0 Å². The quantitative estimate of drug-likeness (QED) is 0.856. The van der Waals surface area contributed by atoms with Gasteiger partial charge in [0.1, 0.15) is 12.4 Å². The van der Waals surface area contributed by atoms with E-state index in [4.69, 9.17) is 14.6 Å². The number of rotatable bonds is 5. The van der Waals surface area contributed by atoms with Crippen molar-refractivity contribution >= 4 is 0 Å². The van der Waals surface area contributed by atoms with Crippen LogP contribution in [0.1, 0.15) is 17.5 Å². The van der Waals surface area contributed by atoms with Crippen molar-refractivity contribution < 1.29 is 14.6 Å². The van der Waals surface area contributed by atoms with E-state index in [1.807, 2.05) is 36.4 Å². The largest absolute Gasteiger partial charge is 0.489 e. The number of aromatic nitrogens is 1. The van der Waals surface area contributed by atoms with Gasteiger partial charge in [0, 0.05) is 18.2 Å². The first-order valence-corrected chi connectivity index (χ1v) is 6.64. The predicted octanol–water partition coefficient (Wildman–Crippen LogP) is 2.40. The minimum absolute atomic E-state index is 0.0734. The summed E-state index contributed by atoms with van der Waals surface area (Å²) in [5, 5.41) is 8.71. The van der Waals surface area contributed by atoms with Gasteiger partial charge in [-0.15, -0.1) is 0 Å². The molecular weight excluding hydrogens is 266 g/mol. The highest BCUT2D eigenvalue weighted by Gasteiger charge is 2.04. The Balaban J connectivity index is 2.03. The first-order valence-electron chi connectivity index (χ1n) is 6.64. The first-order chi connectivity index (χ1) is 10.3. The van der Waals surface area contributed by atoms with E-state index in [0.29, 0.717) is 18.9 Å². The molecule has 1 aromatic carbocycles. The molecule has 1 aromatic heterocycles. The molecule has 2 aromatic rings. The highest BCUT2D eigenvalue weighted by Crippen LogP contribution is 2.18. The summed E-state index contributed by atoms with van der Waals surface area (Å²) in [7, 11) is 1.59. The molecule has 108 valence electrons. The van der Waals surface area contributed by atoms with E-state index in [-0.39, 0.29) is 6.61 Å². The van der Waals surface area contributed by atoms with Gasteiger partial charge in [0.15, 0.2) is 0 Å². The van der Waals surface area contributed by atoms with Gasteiger partial charge in [0.2, 0.25) is 5.88 Å². The number of ether oxygens (including phenoxy) is 2. The van der Waals surface area contributed by atoms with E-state index in [2.05, 4.69) is 16.8 Å². The molecule has 0 saturated carbocycles. The molecule has 0 saturated heterocycles. The minimum atomic E-state index is 0.0734. The number of hydrogen-bond acceptors (Lipinski definition) is 4. The molecule has 0 aliphatic heterocycles. The third-order valence-corrected chi connectivity index (χ3v) is 2.74. The molecule has 0 fully saturated rings. The smallest absolute Gasteiger partial charge is 0.219 e. The first kappa shape index (κ1) is 14.9. The van der Waals surface area contributed by atoms with Gasteiger partial charge in [-0.05, 0) is 30.3 Å². The molecule has 0 spiro atoms. The van der Waals surface area contributed by atoms with Gasteiger partial charge in [-0.2, -0.15) is 0 Å². The number of aliphatic hydroxyl groups is 1. The predicted molar refractivity (Wildman–Crippen MR) is 80.1 cm³/mol. The number of hydrogen-bond donors (Lipinski definition) is 1. The van der Waals surface area contributed by atoms with Crippen molar-refractivity contribution in [2.45, 2.75) is 13.0 Å². The highest BCUT2D eigenvalue weighted by molar-refractivity contribution is 5.40. The van der Waals surface area contributed by atoms with E-state index in [0.717, 1.165) is 16.9 Å². The number of pyridine rings is 1. The summed E-state index contributed by atoms with van der Waals surface area (Å²) in [6, 6.07) is 11.3. The van der Waals surface area contributed by atoms with Crippen molar-refractivity contribution in [2.75, 3.05) is 13.7 Å². The third kappa shape index (κ3) is 4.51. The van der Waals surface area contributed by atoms with E-state index < -0.39 is 0 Å². The van der Waals surface area contributed by atoms with Crippen molar-refractivity contribution in [3.05, 3.63) is 53.7 Å². The van der Waals surface area contributed by atoms with Gasteiger partial charge in [-0.1, -0.05) is 17.9 Å². The van der Waals surface area contributed by atoms with Crippen molar-refractivity contribution in [3.63, 3.8) is 0 Å². The molecule has 1 N–H and O–H groups in total. The molecule has 0 radical (unpaired) electrons. The van der Waals surface area contributed by atoms with Gasteiger partial charge < -0.3 is 14.6 Å². The number of aliphatic hydroxyl groups excluding tert-OH is 1. The summed E-state index contributed by atoms with van der Waals surface area (Å²) in [4.78, 5) is 4.13. The van der Waals surface area contributed by atoms with Gasteiger partial charge in [-0.25, -0.2) is 4.98 Å². The summed E-state index contributed by atoms with van der Waals surface area (Å²) in [6.45, 7) is 0.453. The number of benzene rings is 1. The second kappa shape index (κ2) is 7.93. The van der Waals surface area contributed by atoms with Gasteiger partial charge in [0.05, 0.1) is 19.3 Å². The molecule has 0 aliphatic rings. The van der Waals surface area contributed by atoms with Gasteiger partial charge >= 0.3 is 0 Å². The minimum Gasteiger partial charge on any atom is -0.489 e. The molecule has 21 heavy (non-hydrogen) atoms. The fourth-order valence-corrected chi connectivity index (χ4v) is 1.76. The molecular formula is C17H17NO3. The fourth-order valence-electron chi connectivity index (χ4n) is 1.76.